The van der Waals surface area contributed by atoms with Gasteiger partial charge in [-0.3, -0.25) is 4.79 Å². The highest BCUT2D eigenvalue weighted by atomic mass is 19.1. The van der Waals surface area contributed by atoms with Crippen molar-refractivity contribution in [1.82, 2.24) is 0 Å². The van der Waals surface area contributed by atoms with Gasteiger partial charge >= 0.3 is 5.97 Å². The summed E-state index contributed by atoms with van der Waals surface area (Å²) in [6, 6.07) is 4.33. The van der Waals surface area contributed by atoms with E-state index in [1.807, 2.05) is 13.8 Å². The summed E-state index contributed by atoms with van der Waals surface area (Å²) in [5, 5.41) is 9.15. The average Bonchev–Trinajstić information content (AvgIpc) is 2.23. The van der Waals surface area contributed by atoms with Gasteiger partial charge in [0.05, 0.1) is 5.92 Å². The zero-order valence-corrected chi connectivity index (χ0v) is 9.66. The Labute approximate surface area is 95.1 Å². The van der Waals surface area contributed by atoms with Crippen molar-refractivity contribution in [2.24, 2.45) is 0 Å². The number of benzene rings is 1. The van der Waals surface area contributed by atoms with Crippen LogP contribution >= 0.6 is 0 Å². The predicted octanol–water partition coefficient (Wildman–Crippen LogP) is 3.49. The smallest absolute Gasteiger partial charge is 0.310 e. The molecular weight excluding hydrogens is 207 g/mol. The van der Waals surface area contributed by atoms with E-state index in [-0.39, 0.29) is 5.82 Å². The number of carboxylic acid groups (broad SMARTS) is 1. The van der Waals surface area contributed by atoms with Crippen molar-refractivity contribution in [2.75, 3.05) is 0 Å². The van der Waals surface area contributed by atoms with E-state index in [1.54, 1.807) is 6.07 Å². The predicted molar refractivity (Wildman–Crippen MR) is 61.0 cm³/mol. The first kappa shape index (κ1) is 12.7. The summed E-state index contributed by atoms with van der Waals surface area (Å²) in [6.45, 7) is 3.83. The summed E-state index contributed by atoms with van der Waals surface area (Å²) in [6.07, 6.45) is 2.35. The molecule has 0 amide bonds. The third-order valence-corrected chi connectivity index (χ3v) is 2.76. The SMILES string of the molecule is CCCCC(C(=O)O)c1cc(F)ccc1C. The molecule has 0 aromatic heterocycles. The molecule has 0 heterocycles. The molecule has 1 rings (SSSR count). The molecule has 1 atom stereocenters. The molecule has 0 saturated heterocycles. The lowest BCUT2D eigenvalue weighted by Gasteiger charge is -2.14. The third-order valence-electron chi connectivity index (χ3n) is 2.76. The molecule has 1 N–H and O–H groups in total. The molecule has 1 aromatic rings. The number of carboxylic acids is 1. The van der Waals surface area contributed by atoms with Gasteiger partial charge in [0.2, 0.25) is 0 Å². The van der Waals surface area contributed by atoms with Gasteiger partial charge in [-0.2, -0.15) is 0 Å². The Morgan fingerprint density at radius 2 is 2.19 bits per heavy atom. The second-order valence-electron chi connectivity index (χ2n) is 4.03. The van der Waals surface area contributed by atoms with Crippen LogP contribution in [0.1, 0.15) is 43.2 Å². The Morgan fingerprint density at radius 3 is 2.75 bits per heavy atom. The molecule has 0 bridgehead atoms. The monoisotopic (exact) mass is 224 g/mol. The van der Waals surface area contributed by atoms with Crippen LogP contribution in [0, 0.1) is 12.7 Å². The van der Waals surface area contributed by atoms with Gasteiger partial charge in [0.25, 0.3) is 0 Å². The molecule has 0 saturated carbocycles. The van der Waals surface area contributed by atoms with Gasteiger partial charge in [0, 0.05) is 0 Å². The zero-order valence-electron chi connectivity index (χ0n) is 9.66. The van der Waals surface area contributed by atoms with Gasteiger partial charge in [-0.25, -0.2) is 4.39 Å². The molecule has 1 aromatic carbocycles. The Balaban J connectivity index is 3.00. The van der Waals surface area contributed by atoms with Crippen LogP contribution in [-0.2, 0) is 4.79 Å². The fourth-order valence-corrected chi connectivity index (χ4v) is 1.81. The summed E-state index contributed by atoms with van der Waals surface area (Å²) >= 11 is 0. The second-order valence-corrected chi connectivity index (χ2v) is 4.03. The van der Waals surface area contributed by atoms with Crippen LogP contribution in [0.3, 0.4) is 0 Å². The van der Waals surface area contributed by atoms with E-state index in [0.29, 0.717) is 12.0 Å². The minimum atomic E-state index is -0.873. The molecule has 88 valence electrons. The number of halogens is 1. The number of carbonyl (C=O) groups is 1. The number of rotatable bonds is 5. The van der Waals surface area contributed by atoms with Crippen LogP contribution in [0.15, 0.2) is 18.2 Å². The maximum atomic E-state index is 13.1. The summed E-state index contributed by atoms with van der Waals surface area (Å²) in [7, 11) is 0. The lowest BCUT2D eigenvalue weighted by Crippen LogP contribution is -2.13. The van der Waals surface area contributed by atoms with Crippen molar-refractivity contribution < 1.29 is 14.3 Å². The molecule has 0 aliphatic carbocycles. The van der Waals surface area contributed by atoms with E-state index < -0.39 is 11.9 Å². The van der Waals surface area contributed by atoms with Gasteiger partial charge in [-0.15, -0.1) is 0 Å². The highest BCUT2D eigenvalue weighted by Crippen LogP contribution is 2.26. The van der Waals surface area contributed by atoms with E-state index in [0.717, 1.165) is 18.4 Å². The fraction of sp³-hybridized carbons (Fsp3) is 0.462. The number of aryl methyl sites for hydroxylation is 1. The van der Waals surface area contributed by atoms with Crippen molar-refractivity contribution in [3.8, 4) is 0 Å². The Morgan fingerprint density at radius 1 is 1.50 bits per heavy atom. The Hall–Kier alpha value is -1.38. The minimum Gasteiger partial charge on any atom is -0.481 e. The van der Waals surface area contributed by atoms with Crippen LogP contribution in [0.2, 0.25) is 0 Å². The number of aliphatic carboxylic acids is 1. The largest absolute Gasteiger partial charge is 0.481 e. The first-order chi connectivity index (χ1) is 7.56. The highest BCUT2D eigenvalue weighted by Gasteiger charge is 2.21. The fourth-order valence-electron chi connectivity index (χ4n) is 1.81. The van der Waals surface area contributed by atoms with Crippen molar-refractivity contribution in [3.05, 3.63) is 35.1 Å². The molecule has 3 heteroatoms. The van der Waals surface area contributed by atoms with Gasteiger partial charge in [-0.05, 0) is 36.6 Å². The van der Waals surface area contributed by atoms with E-state index in [1.165, 1.54) is 12.1 Å². The summed E-state index contributed by atoms with van der Waals surface area (Å²) < 4.78 is 13.1. The lowest BCUT2D eigenvalue weighted by molar-refractivity contribution is -0.139. The number of hydrogen-bond acceptors (Lipinski definition) is 1. The van der Waals surface area contributed by atoms with Crippen molar-refractivity contribution >= 4 is 5.97 Å². The first-order valence-corrected chi connectivity index (χ1v) is 5.55. The molecule has 0 aliphatic heterocycles. The summed E-state index contributed by atoms with van der Waals surface area (Å²) in [4.78, 5) is 11.1. The van der Waals surface area contributed by atoms with Gasteiger partial charge in [-0.1, -0.05) is 25.8 Å². The normalized spacial score (nSPS) is 12.4. The van der Waals surface area contributed by atoms with E-state index in [2.05, 4.69) is 0 Å². The molecule has 0 spiro atoms. The number of hydrogen-bond donors (Lipinski definition) is 1. The second kappa shape index (κ2) is 5.64. The molecular formula is C13H17FO2. The lowest BCUT2D eigenvalue weighted by atomic mass is 9.90. The first-order valence-electron chi connectivity index (χ1n) is 5.55. The quantitative estimate of drug-likeness (QED) is 0.831. The Kier molecular flexibility index (Phi) is 4.47. The van der Waals surface area contributed by atoms with Crippen LogP contribution in [0.5, 0.6) is 0 Å². The molecule has 0 radical (unpaired) electrons. The molecule has 1 unspecified atom stereocenters. The third kappa shape index (κ3) is 3.05. The molecule has 0 aliphatic rings. The van der Waals surface area contributed by atoms with Crippen LogP contribution in [0.25, 0.3) is 0 Å². The van der Waals surface area contributed by atoms with E-state index in [9.17, 15) is 9.18 Å². The van der Waals surface area contributed by atoms with Crippen LogP contribution < -0.4 is 0 Å². The van der Waals surface area contributed by atoms with E-state index in [4.69, 9.17) is 5.11 Å². The highest BCUT2D eigenvalue weighted by molar-refractivity contribution is 5.76. The average molecular weight is 224 g/mol. The maximum Gasteiger partial charge on any atom is 0.310 e. The Bertz CT molecular complexity index is 374. The van der Waals surface area contributed by atoms with E-state index >= 15 is 0 Å². The molecule has 2 nitrogen and oxygen atoms in total. The van der Waals surface area contributed by atoms with Gasteiger partial charge < -0.3 is 5.11 Å². The number of unbranched alkanes of at least 4 members (excludes halogenated alkanes) is 1. The van der Waals surface area contributed by atoms with Crippen molar-refractivity contribution in [3.63, 3.8) is 0 Å². The summed E-state index contributed by atoms with van der Waals surface area (Å²) in [5.41, 5.74) is 1.44. The molecule has 0 fully saturated rings. The van der Waals surface area contributed by atoms with Crippen LogP contribution in [-0.4, -0.2) is 11.1 Å². The van der Waals surface area contributed by atoms with Crippen molar-refractivity contribution in [2.45, 2.75) is 39.0 Å². The zero-order chi connectivity index (χ0) is 12.1. The van der Waals surface area contributed by atoms with Crippen molar-refractivity contribution in [1.29, 1.82) is 0 Å². The standard InChI is InChI=1S/C13H17FO2/c1-3-4-5-11(13(15)16)12-8-10(14)7-6-9(12)2/h6-8,11H,3-5H2,1-2H3,(H,15,16). The maximum absolute atomic E-state index is 13.1. The summed E-state index contributed by atoms with van der Waals surface area (Å²) in [5.74, 6) is -1.83. The van der Waals surface area contributed by atoms with Gasteiger partial charge in [0.1, 0.15) is 5.82 Å². The van der Waals surface area contributed by atoms with Gasteiger partial charge in [0.15, 0.2) is 0 Å². The minimum absolute atomic E-state index is 0.372. The topological polar surface area (TPSA) is 37.3 Å². The van der Waals surface area contributed by atoms with Crippen LogP contribution in [0.4, 0.5) is 4.39 Å². The molecule has 16 heavy (non-hydrogen) atoms.